The Morgan fingerprint density at radius 2 is 2.09 bits per heavy atom. The molecule has 22 heavy (non-hydrogen) atoms. The molecular weight excluding hydrogens is 300 g/mol. The Bertz CT molecular complexity index is 794. The minimum Gasteiger partial charge on any atom is -0.392 e. The number of aromatic nitrogens is 1. The Hall–Kier alpha value is -1.50. The van der Waals surface area contributed by atoms with Crippen LogP contribution in [0.25, 0.3) is 10.9 Å². The van der Waals surface area contributed by atoms with Crippen LogP contribution in [0.5, 0.6) is 0 Å². The second-order valence-corrected chi connectivity index (χ2v) is 8.06. The molecular formula is C16H20N2O3S. The molecule has 2 heterocycles. The summed E-state index contributed by atoms with van der Waals surface area (Å²) in [5, 5.41) is 10.7. The number of fused-ring (bicyclic) bond motifs is 1. The molecule has 118 valence electrons. The van der Waals surface area contributed by atoms with Gasteiger partial charge in [-0.3, -0.25) is 4.98 Å². The van der Waals surface area contributed by atoms with Gasteiger partial charge < -0.3 is 5.11 Å². The first-order valence-corrected chi connectivity index (χ1v) is 8.85. The van der Waals surface area contributed by atoms with Crippen molar-refractivity contribution in [2.45, 2.75) is 31.3 Å². The number of β-amino-alcohol motifs (C(OH)–C–C–N with tert-alkyl or cyclic N) is 1. The van der Waals surface area contributed by atoms with Gasteiger partial charge in [0.15, 0.2) is 0 Å². The Balaban J connectivity index is 2.09. The number of pyridine rings is 1. The highest BCUT2D eigenvalue weighted by molar-refractivity contribution is 7.89. The van der Waals surface area contributed by atoms with Gasteiger partial charge in [-0.2, -0.15) is 4.31 Å². The molecule has 3 rings (SSSR count). The molecule has 1 aromatic carbocycles. The molecule has 1 saturated heterocycles. The van der Waals surface area contributed by atoms with Crippen molar-refractivity contribution >= 4 is 20.9 Å². The van der Waals surface area contributed by atoms with Gasteiger partial charge in [0, 0.05) is 24.7 Å². The summed E-state index contributed by atoms with van der Waals surface area (Å²) in [5.74, 6) is 0.142. The molecule has 0 amide bonds. The Morgan fingerprint density at radius 1 is 1.32 bits per heavy atom. The van der Waals surface area contributed by atoms with E-state index in [9.17, 15) is 13.5 Å². The highest BCUT2D eigenvalue weighted by atomic mass is 32.2. The average molecular weight is 320 g/mol. The second kappa shape index (κ2) is 5.61. The number of aliphatic hydroxyl groups is 1. The van der Waals surface area contributed by atoms with Crippen LogP contribution in [0.3, 0.4) is 0 Å². The molecule has 0 bridgehead atoms. The molecule has 2 unspecified atom stereocenters. The van der Waals surface area contributed by atoms with Gasteiger partial charge >= 0.3 is 0 Å². The molecule has 1 aromatic heterocycles. The second-order valence-electron chi connectivity index (χ2n) is 6.16. The normalized spacial score (nSPS) is 23.8. The van der Waals surface area contributed by atoms with Crippen molar-refractivity contribution in [3.63, 3.8) is 0 Å². The van der Waals surface area contributed by atoms with Crippen molar-refractivity contribution in [3.8, 4) is 0 Å². The number of aliphatic hydroxyl groups excluding tert-OH is 1. The van der Waals surface area contributed by atoms with E-state index in [0.29, 0.717) is 18.5 Å². The highest BCUT2D eigenvalue weighted by Gasteiger charge is 2.33. The largest absolute Gasteiger partial charge is 0.392 e. The third kappa shape index (κ3) is 2.74. The van der Waals surface area contributed by atoms with E-state index in [-0.39, 0.29) is 17.4 Å². The van der Waals surface area contributed by atoms with Gasteiger partial charge in [-0.1, -0.05) is 19.1 Å². The number of benzene rings is 1. The predicted molar refractivity (Wildman–Crippen MR) is 85.0 cm³/mol. The highest BCUT2D eigenvalue weighted by Crippen LogP contribution is 2.28. The van der Waals surface area contributed by atoms with Crippen molar-refractivity contribution in [1.82, 2.24) is 9.29 Å². The molecule has 1 fully saturated rings. The molecule has 2 atom stereocenters. The molecule has 0 saturated carbocycles. The molecule has 0 spiro atoms. The number of rotatable bonds is 2. The summed E-state index contributed by atoms with van der Waals surface area (Å²) in [7, 11) is -3.66. The predicted octanol–water partition coefficient (Wildman–Crippen LogP) is 1.93. The fourth-order valence-corrected chi connectivity index (χ4v) is 4.82. The molecule has 1 N–H and O–H groups in total. The van der Waals surface area contributed by atoms with Crippen LogP contribution in [-0.2, 0) is 10.0 Å². The third-order valence-electron chi connectivity index (χ3n) is 4.03. The molecule has 1 aliphatic heterocycles. The summed E-state index contributed by atoms with van der Waals surface area (Å²) < 4.78 is 27.3. The quantitative estimate of drug-likeness (QED) is 0.918. The topological polar surface area (TPSA) is 70.5 Å². The summed E-state index contributed by atoms with van der Waals surface area (Å²) in [5.41, 5.74) is 1.48. The maximum atomic E-state index is 13.0. The number of sulfonamides is 1. The van der Waals surface area contributed by atoms with Gasteiger partial charge in [0.25, 0.3) is 0 Å². The van der Waals surface area contributed by atoms with Gasteiger partial charge in [-0.25, -0.2) is 8.42 Å². The lowest BCUT2D eigenvalue weighted by Gasteiger charge is -2.33. The summed E-state index contributed by atoms with van der Waals surface area (Å²) in [6.45, 7) is 4.46. The maximum Gasteiger partial charge on any atom is 0.245 e. The van der Waals surface area contributed by atoms with Crippen LogP contribution in [0.15, 0.2) is 35.4 Å². The van der Waals surface area contributed by atoms with E-state index in [0.717, 1.165) is 10.9 Å². The van der Waals surface area contributed by atoms with Gasteiger partial charge in [0.2, 0.25) is 10.0 Å². The van der Waals surface area contributed by atoms with Crippen molar-refractivity contribution in [2.75, 3.05) is 13.1 Å². The monoisotopic (exact) mass is 320 g/mol. The minimum atomic E-state index is -3.66. The van der Waals surface area contributed by atoms with Crippen LogP contribution in [0.1, 0.15) is 18.9 Å². The van der Waals surface area contributed by atoms with Gasteiger partial charge in [0.05, 0.1) is 11.6 Å². The van der Waals surface area contributed by atoms with Crippen molar-refractivity contribution in [2.24, 2.45) is 5.92 Å². The average Bonchev–Trinajstić information content (AvgIpc) is 2.45. The smallest absolute Gasteiger partial charge is 0.245 e. The first-order valence-electron chi connectivity index (χ1n) is 7.41. The van der Waals surface area contributed by atoms with E-state index >= 15 is 0 Å². The van der Waals surface area contributed by atoms with Crippen LogP contribution in [0.2, 0.25) is 0 Å². The van der Waals surface area contributed by atoms with E-state index in [1.165, 1.54) is 4.31 Å². The fourth-order valence-electron chi connectivity index (χ4n) is 3.06. The van der Waals surface area contributed by atoms with Gasteiger partial charge in [-0.05, 0) is 37.0 Å². The van der Waals surface area contributed by atoms with E-state index in [2.05, 4.69) is 4.98 Å². The zero-order valence-corrected chi connectivity index (χ0v) is 13.5. The third-order valence-corrected chi connectivity index (χ3v) is 5.90. The Labute approximate surface area is 130 Å². The number of piperidine rings is 1. The Kier molecular flexibility index (Phi) is 3.92. The lowest BCUT2D eigenvalue weighted by Crippen LogP contribution is -2.45. The summed E-state index contributed by atoms with van der Waals surface area (Å²) >= 11 is 0. The van der Waals surface area contributed by atoms with Crippen LogP contribution in [0, 0.1) is 12.8 Å². The van der Waals surface area contributed by atoms with Crippen LogP contribution in [-0.4, -0.2) is 42.0 Å². The summed E-state index contributed by atoms with van der Waals surface area (Å²) in [6.07, 6.45) is 1.71. The van der Waals surface area contributed by atoms with E-state index in [1.807, 2.05) is 26.0 Å². The number of hydrogen-bond donors (Lipinski definition) is 1. The molecule has 1 aliphatic rings. The SMILES string of the molecule is Cc1cnc2c(S(=O)(=O)N3CC(C)CC(O)C3)cccc2c1. The van der Waals surface area contributed by atoms with Crippen LogP contribution >= 0.6 is 0 Å². The number of nitrogens with zero attached hydrogens (tertiary/aromatic N) is 2. The van der Waals surface area contributed by atoms with Gasteiger partial charge in [-0.15, -0.1) is 0 Å². The lowest BCUT2D eigenvalue weighted by molar-refractivity contribution is 0.0821. The van der Waals surface area contributed by atoms with Crippen molar-refractivity contribution in [3.05, 3.63) is 36.0 Å². The molecule has 2 aromatic rings. The van der Waals surface area contributed by atoms with E-state index in [4.69, 9.17) is 0 Å². The molecule has 6 heteroatoms. The first kappa shape index (κ1) is 15.4. The van der Waals surface area contributed by atoms with Crippen LogP contribution < -0.4 is 0 Å². The number of para-hydroxylation sites is 1. The number of aryl methyl sites for hydroxylation is 1. The standard InChI is InChI=1S/C16H20N2O3S/c1-11-6-13-4-3-5-15(16(13)17-8-11)22(20,21)18-9-12(2)7-14(19)10-18/h3-6,8,12,14,19H,7,9-10H2,1-2H3. The lowest BCUT2D eigenvalue weighted by atomic mass is 10.00. The van der Waals surface area contributed by atoms with Crippen LogP contribution in [0.4, 0.5) is 0 Å². The molecule has 0 aliphatic carbocycles. The molecule has 5 nitrogen and oxygen atoms in total. The summed E-state index contributed by atoms with van der Waals surface area (Å²) in [4.78, 5) is 4.53. The first-order chi connectivity index (χ1) is 10.4. The number of hydrogen-bond acceptors (Lipinski definition) is 4. The van der Waals surface area contributed by atoms with Crippen molar-refractivity contribution < 1.29 is 13.5 Å². The van der Waals surface area contributed by atoms with E-state index in [1.54, 1.807) is 18.3 Å². The zero-order valence-electron chi connectivity index (χ0n) is 12.7. The summed E-state index contributed by atoms with van der Waals surface area (Å²) in [6, 6.07) is 7.11. The molecule has 0 radical (unpaired) electrons. The Morgan fingerprint density at radius 3 is 2.82 bits per heavy atom. The van der Waals surface area contributed by atoms with Crippen molar-refractivity contribution in [1.29, 1.82) is 0 Å². The van der Waals surface area contributed by atoms with Gasteiger partial charge in [0.1, 0.15) is 4.90 Å². The maximum absolute atomic E-state index is 13.0. The zero-order chi connectivity index (χ0) is 15.9. The fraction of sp³-hybridized carbons (Fsp3) is 0.438. The minimum absolute atomic E-state index is 0.142. The van der Waals surface area contributed by atoms with E-state index < -0.39 is 16.1 Å².